The fourth-order valence-corrected chi connectivity index (χ4v) is 4.46. The Hall–Kier alpha value is -2.01. The average molecular weight is 401 g/mol. The molecule has 1 saturated heterocycles. The van der Waals surface area contributed by atoms with Gasteiger partial charge in [-0.25, -0.2) is 4.39 Å². The van der Waals surface area contributed by atoms with E-state index in [9.17, 15) is 9.18 Å². The van der Waals surface area contributed by atoms with E-state index in [4.69, 9.17) is 0 Å². The maximum Gasteiger partial charge on any atom is 0.230 e. The van der Waals surface area contributed by atoms with E-state index in [-0.39, 0.29) is 17.8 Å². The summed E-state index contributed by atoms with van der Waals surface area (Å²) in [6.45, 7) is 6.54. The molecule has 0 radical (unpaired) electrons. The molecule has 2 aromatic rings. The molecule has 150 valence electrons. The first-order valence-corrected chi connectivity index (χ1v) is 11.1. The van der Waals surface area contributed by atoms with E-state index < -0.39 is 0 Å². The van der Waals surface area contributed by atoms with Crippen molar-refractivity contribution in [1.82, 2.24) is 5.32 Å². The molecule has 1 aliphatic heterocycles. The lowest BCUT2D eigenvalue weighted by Gasteiger charge is -2.33. The van der Waals surface area contributed by atoms with Crippen molar-refractivity contribution in [2.45, 2.75) is 38.5 Å². The zero-order chi connectivity index (χ0) is 19.9. The molecule has 1 N–H and O–H groups in total. The van der Waals surface area contributed by atoms with Gasteiger partial charge in [0.25, 0.3) is 0 Å². The number of rotatable bonds is 7. The van der Waals surface area contributed by atoms with Gasteiger partial charge in [-0.15, -0.1) is 11.8 Å². The third-order valence-electron chi connectivity index (χ3n) is 5.24. The first-order valence-electron chi connectivity index (χ1n) is 9.98. The van der Waals surface area contributed by atoms with Gasteiger partial charge in [0, 0.05) is 24.5 Å². The second-order valence-electron chi connectivity index (χ2n) is 7.66. The summed E-state index contributed by atoms with van der Waals surface area (Å²) in [7, 11) is 0. The number of hydrogen-bond donors (Lipinski definition) is 1. The average Bonchev–Trinajstić information content (AvgIpc) is 2.69. The van der Waals surface area contributed by atoms with Gasteiger partial charge in [0.1, 0.15) is 5.82 Å². The number of carbonyl (C=O) groups excluding carboxylic acids is 1. The zero-order valence-electron chi connectivity index (χ0n) is 16.7. The predicted molar refractivity (Wildman–Crippen MR) is 116 cm³/mol. The summed E-state index contributed by atoms with van der Waals surface area (Å²) in [5.41, 5.74) is 2.99. The number of nitrogens with zero attached hydrogens (tertiary/aromatic N) is 1. The molecular formula is C23H29FN2OS. The van der Waals surface area contributed by atoms with Gasteiger partial charge < -0.3 is 10.2 Å². The molecule has 28 heavy (non-hydrogen) atoms. The number of nitrogens with one attached hydrogen (secondary N) is 1. The highest BCUT2D eigenvalue weighted by Gasteiger charge is 2.17. The molecule has 0 aromatic heterocycles. The van der Waals surface area contributed by atoms with E-state index in [1.54, 1.807) is 12.1 Å². The summed E-state index contributed by atoms with van der Waals surface area (Å²) in [5.74, 6) is 1.32. The summed E-state index contributed by atoms with van der Waals surface area (Å²) in [4.78, 5) is 14.7. The van der Waals surface area contributed by atoms with Crippen LogP contribution in [0.3, 0.4) is 0 Å². The molecule has 5 heteroatoms. The van der Waals surface area contributed by atoms with Crippen molar-refractivity contribution in [3.8, 4) is 0 Å². The molecule has 1 heterocycles. The molecular weight excluding hydrogens is 371 g/mol. The molecule has 1 fully saturated rings. The standard InChI is InChI=1S/C23H29FN2OS/c1-17-6-5-13-26(14-17)21-11-9-19(10-12-21)18(2)25-23(27)16-28-15-20-7-3-4-8-22(20)24/h3-4,7-12,17-18H,5-6,13-16H2,1-2H3,(H,25,27)/t17-,18-/m1/s1. The van der Waals surface area contributed by atoms with E-state index in [0.717, 1.165) is 24.6 Å². The maximum absolute atomic E-state index is 13.6. The minimum Gasteiger partial charge on any atom is -0.371 e. The van der Waals surface area contributed by atoms with Gasteiger partial charge >= 0.3 is 0 Å². The summed E-state index contributed by atoms with van der Waals surface area (Å²) < 4.78 is 13.6. The van der Waals surface area contributed by atoms with Gasteiger partial charge in [0.2, 0.25) is 5.91 Å². The molecule has 0 saturated carbocycles. The summed E-state index contributed by atoms with van der Waals surface area (Å²) in [6.07, 6.45) is 2.56. The van der Waals surface area contributed by atoms with E-state index in [2.05, 4.69) is 41.4 Å². The number of carbonyl (C=O) groups is 1. The van der Waals surface area contributed by atoms with E-state index in [1.165, 1.54) is 36.4 Å². The van der Waals surface area contributed by atoms with Crippen LogP contribution in [0.15, 0.2) is 48.5 Å². The fourth-order valence-electron chi connectivity index (χ4n) is 3.63. The number of piperidine rings is 1. The zero-order valence-corrected chi connectivity index (χ0v) is 17.5. The van der Waals surface area contributed by atoms with Gasteiger partial charge in [-0.3, -0.25) is 4.79 Å². The smallest absolute Gasteiger partial charge is 0.230 e. The predicted octanol–water partition coefficient (Wildman–Crippen LogP) is 5.17. The Labute approximate surface area is 171 Å². The molecule has 3 nitrogen and oxygen atoms in total. The highest BCUT2D eigenvalue weighted by molar-refractivity contribution is 7.99. The van der Waals surface area contributed by atoms with Crippen LogP contribution >= 0.6 is 11.8 Å². The molecule has 0 spiro atoms. The second kappa shape index (κ2) is 9.97. The number of hydrogen-bond acceptors (Lipinski definition) is 3. The van der Waals surface area contributed by atoms with Crippen LogP contribution in [0.2, 0.25) is 0 Å². The van der Waals surface area contributed by atoms with Crippen molar-refractivity contribution in [3.63, 3.8) is 0 Å². The normalized spacial score (nSPS) is 18.0. The Bertz CT molecular complexity index is 780. The number of halogens is 1. The Morgan fingerprint density at radius 3 is 2.71 bits per heavy atom. The molecule has 0 unspecified atom stereocenters. The lowest BCUT2D eigenvalue weighted by molar-refractivity contribution is -0.119. The minimum absolute atomic E-state index is 0.0252. The molecule has 1 aliphatic rings. The van der Waals surface area contributed by atoms with Crippen LogP contribution in [0.5, 0.6) is 0 Å². The van der Waals surface area contributed by atoms with Crippen molar-refractivity contribution in [1.29, 1.82) is 0 Å². The molecule has 2 atom stereocenters. The molecule has 2 aromatic carbocycles. The first kappa shape index (κ1) is 20.7. The molecule has 0 bridgehead atoms. The fraction of sp³-hybridized carbons (Fsp3) is 0.435. The topological polar surface area (TPSA) is 32.3 Å². The summed E-state index contributed by atoms with van der Waals surface area (Å²) in [6, 6.07) is 15.2. The number of amides is 1. The van der Waals surface area contributed by atoms with Crippen LogP contribution < -0.4 is 10.2 Å². The Morgan fingerprint density at radius 2 is 2.00 bits per heavy atom. The van der Waals surface area contributed by atoms with Gasteiger partial charge in [-0.2, -0.15) is 0 Å². The highest BCUT2D eigenvalue weighted by Crippen LogP contribution is 2.24. The highest BCUT2D eigenvalue weighted by atomic mass is 32.2. The SMILES string of the molecule is C[C@@H]1CCCN(c2ccc([C@@H](C)NC(=O)CSCc3ccccc3F)cc2)C1. The molecule has 3 rings (SSSR count). The van der Waals surface area contributed by atoms with Crippen LogP contribution in [0, 0.1) is 11.7 Å². The Balaban J connectivity index is 1.46. The van der Waals surface area contributed by atoms with Crippen LogP contribution in [0.25, 0.3) is 0 Å². The summed E-state index contributed by atoms with van der Waals surface area (Å²) in [5, 5.41) is 3.04. The second-order valence-corrected chi connectivity index (χ2v) is 8.64. The monoisotopic (exact) mass is 400 g/mol. The van der Waals surface area contributed by atoms with Crippen LogP contribution in [-0.4, -0.2) is 24.7 Å². The van der Waals surface area contributed by atoms with E-state index in [0.29, 0.717) is 17.1 Å². The maximum atomic E-state index is 13.6. The number of thioether (sulfide) groups is 1. The molecule has 0 aliphatic carbocycles. The van der Waals surface area contributed by atoms with Crippen LogP contribution in [0.4, 0.5) is 10.1 Å². The van der Waals surface area contributed by atoms with Crippen molar-refractivity contribution in [3.05, 3.63) is 65.5 Å². The van der Waals surface area contributed by atoms with E-state index in [1.807, 2.05) is 13.0 Å². The Kier molecular flexibility index (Phi) is 7.37. The van der Waals surface area contributed by atoms with Crippen molar-refractivity contribution < 1.29 is 9.18 Å². The van der Waals surface area contributed by atoms with Crippen molar-refractivity contribution in [2.75, 3.05) is 23.7 Å². The summed E-state index contributed by atoms with van der Waals surface area (Å²) >= 11 is 1.43. The van der Waals surface area contributed by atoms with Crippen molar-refractivity contribution in [2.24, 2.45) is 5.92 Å². The van der Waals surface area contributed by atoms with E-state index >= 15 is 0 Å². The lowest BCUT2D eigenvalue weighted by Crippen LogP contribution is -2.34. The van der Waals surface area contributed by atoms with Gasteiger partial charge in [0.15, 0.2) is 0 Å². The lowest BCUT2D eigenvalue weighted by atomic mass is 9.99. The van der Waals surface area contributed by atoms with Crippen molar-refractivity contribution >= 4 is 23.4 Å². The largest absolute Gasteiger partial charge is 0.371 e. The van der Waals surface area contributed by atoms with Crippen LogP contribution in [0.1, 0.15) is 43.9 Å². The first-order chi connectivity index (χ1) is 13.5. The number of anilines is 1. The quantitative estimate of drug-likeness (QED) is 0.696. The molecule has 1 amide bonds. The van der Waals surface area contributed by atoms with Gasteiger partial charge in [-0.1, -0.05) is 37.3 Å². The third-order valence-corrected chi connectivity index (χ3v) is 6.22. The Morgan fingerprint density at radius 1 is 1.25 bits per heavy atom. The van der Waals surface area contributed by atoms with Crippen LogP contribution in [-0.2, 0) is 10.5 Å². The van der Waals surface area contributed by atoms with Gasteiger partial charge in [-0.05, 0) is 55.0 Å². The third kappa shape index (κ3) is 5.74. The minimum atomic E-state index is -0.216. The van der Waals surface area contributed by atoms with Gasteiger partial charge in [0.05, 0.1) is 11.8 Å². The number of benzene rings is 2.